The number of pyridine rings is 1. The van der Waals surface area contributed by atoms with Crippen LogP contribution in [-0.2, 0) is 0 Å². The van der Waals surface area contributed by atoms with Gasteiger partial charge in [-0.1, -0.05) is 6.07 Å². The number of hydrogen-bond acceptors (Lipinski definition) is 5. The van der Waals surface area contributed by atoms with Crippen LogP contribution in [0.5, 0.6) is 0 Å². The summed E-state index contributed by atoms with van der Waals surface area (Å²) < 4.78 is 4.06. The Morgan fingerprint density at radius 3 is 2.73 bits per heavy atom. The molecule has 4 N–H and O–H groups in total. The molecule has 0 aliphatic heterocycles. The highest BCUT2D eigenvalue weighted by Crippen LogP contribution is 2.28. The molecule has 0 spiro atoms. The molecule has 0 saturated heterocycles. The van der Waals surface area contributed by atoms with Gasteiger partial charge in [-0.25, -0.2) is 0 Å². The van der Waals surface area contributed by atoms with Gasteiger partial charge in [0, 0.05) is 6.20 Å². The minimum absolute atomic E-state index is 0.274. The molecule has 0 bridgehead atoms. The molecule has 0 aliphatic carbocycles. The lowest BCUT2D eigenvalue weighted by atomic mass is 10.2. The van der Waals surface area contributed by atoms with Crippen molar-refractivity contribution >= 4 is 23.1 Å². The zero-order chi connectivity index (χ0) is 10.8. The lowest BCUT2D eigenvalue weighted by molar-refractivity contribution is 0.100. The Kier molecular flexibility index (Phi) is 2.34. The molecule has 0 aromatic carbocycles. The van der Waals surface area contributed by atoms with E-state index >= 15 is 0 Å². The van der Waals surface area contributed by atoms with E-state index in [1.807, 2.05) is 6.07 Å². The molecule has 0 fully saturated rings. The number of carbonyl (C=O) groups excluding carboxylic acids is 1. The second-order valence-corrected chi connectivity index (χ2v) is 3.63. The summed E-state index contributed by atoms with van der Waals surface area (Å²) in [5, 5.41) is 0. The first-order valence-corrected chi connectivity index (χ1v) is 4.94. The Morgan fingerprint density at radius 1 is 1.40 bits per heavy atom. The van der Waals surface area contributed by atoms with Gasteiger partial charge in [0.2, 0.25) is 0 Å². The number of amides is 1. The summed E-state index contributed by atoms with van der Waals surface area (Å²) in [7, 11) is 0. The molecule has 1 amide bonds. The van der Waals surface area contributed by atoms with Gasteiger partial charge in [-0.05, 0) is 23.7 Å². The van der Waals surface area contributed by atoms with Gasteiger partial charge in [-0.15, -0.1) is 0 Å². The number of carbonyl (C=O) groups is 1. The van der Waals surface area contributed by atoms with Crippen molar-refractivity contribution in [2.75, 3.05) is 5.73 Å². The topological polar surface area (TPSA) is 94.9 Å². The van der Waals surface area contributed by atoms with Crippen molar-refractivity contribution in [1.82, 2.24) is 9.36 Å². The molecule has 0 aliphatic rings. The average Bonchev–Trinajstić information content (AvgIpc) is 2.61. The maximum atomic E-state index is 11.0. The van der Waals surface area contributed by atoms with Crippen molar-refractivity contribution in [3.8, 4) is 11.4 Å². The smallest absolute Gasteiger partial charge is 0.262 e. The maximum absolute atomic E-state index is 11.0. The summed E-state index contributed by atoms with van der Waals surface area (Å²) in [5.41, 5.74) is 12.3. The molecule has 0 saturated carbocycles. The first-order chi connectivity index (χ1) is 7.20. The van der Waals surface area contributed by atoms with Crippen molar-refractivity contribution < 1.29 is 4.79 Å². The fourth-order valence-corrected chi connectivity index (χ4v) is 1.82. The third-order valence-corrected chi connectivity index (χ3v) is 2.74. The summed E-state index contributed by atoms with van der Waals surface area (Å²) in [6, 6.07) is 5.39. The van der Waals surface area contributed by atoms with Crippen LogP contribution >= 0.6 is 11.5 Å². The van der Waals surface area contributed by atoms with Gasteiger partial charge in [0.15, 0.2) is 0 Å². The van der Waals surface area contributed by atoms with Gasteiger partial charge in [0.25, 0.3) is 5.91 Å². The van der Waals surface area contributed by atoms with Crippen LogP contribution in [0.3, 0.4) is 0 Å². The van der Waals surface area contributed by atoms with Crippen LogP contribution in [0.2, 0.25) is 0 Å². The van der Waals surface area contributed by atoms with Gasteiger partial charge < -0.3 is 11.5 Å². The summed E-state index contributed by atoms with van der Waals surface area (Å²) in [6.07, 6.45) is 1.64. The lowest BCUT2D eigenvalue weighted by Crippen LogP contribution is -2.10. The number of nitrogens with two attached hydrogens (primary N) is 2. The van der Waals surface area contributed by atoms with Crippen molar-refractivity contribution in [2.24, 2.45) is 5.73 Å². The van der Waals surface area contributed by atoms with Crippen molar-refractivity contribution in [3.05, 3.63) is 29.3 Å². The van der Waals surface area contributed by atoms with Crippen molar-refractivity contribution in [2.45, 2.75) is 0 Å². The van der Waals surface area contributed by atoms with Crippen LogP contribution in [0.4, 0.5) is 5.69 Å². The Morgan fingerprint density at radius 2 is 2.20 bits per heavy atom. The van der Waals surface area contributed by atoms with E-state index in [4.69, 9.17) is 11.5 Å². The van der Waals surface area contributed by atoms with Crippen LogP contribution < -0.4 is 11.5 Å². The number of nitrogen functional groups attached to an aromatic ring is 1. The molecular weight excluding hydrogens is 212 g/mol. The highest BCUT2D eigenvalue weighted by Gasteiger charge is 2.16. The fraction of sp³-hybridized carbons (Fsp3) is 0. The molecule has 0 radical (unpaired) electrons. The molecule has 6 heteroatoms. The molecule has 2 aromatic rings. The van der Waals surface area contributed by atoms with Crippen LogP contribution in [-0.4, -0.2) is 15.3 Å². The molecular formula is C9H8N4OS. The Labute approximate surface area is 89.9 Å². The summed E-state index contributed by atoms with van der Waals surface area (Å²) in [4.78, 5) is 15.3. The van der Waals surface area contributed by atoms with E-state index in [0.717, 1.165) is 11.5 Å². The van der Waals surface area contributed by atoms with Gasteiger partial charge in [0.05, 0.1) is 11.4 Å². The minimum atomic E-state index is -0.563. The Balaban J connectivity index is 2.52. The normalized spacial score (nSPS) is 10.1. The monoisotopic (exact) mass is 220 g/mol. The molecule has 15 heavy (non-hydrogen) atoms. The zero-order valence-electron chi connectivity index (χ0n) is 7.68. The fourth-order valence-electron chi connectivity index (χ4n) is 1.16. The molecule has 0 unspecified atom stereocenters. The van der Waals surface area contributed by atoms with Crippen LogP contribution in [0.15, 0.2) is 24.4 Å². The van der Waals surface area contributed by atoms with Crippen LogP contribution in [0, 0.1) is 0 Å². The van der Waals surface area contributed by atoms with E-state index < -0.39 is 5.91 Å². The molecule has 0 atom stereocenters. The quantitative estimate of drug-likeness (QED) is 0.785. The maximum Gasteiger partial charge on any atom is 0.262 e. The highest BCUT2D eigenvalue weighted by molar-refractivity contribution is 7.09. The third-order valence-electron chi connectivity index (χ3n) is 1.86. The van der Waals surface area contributed by atoms with Crippen molar-refractivity contribution in [3.63, 3.8) is 0 Å². The van der Waals surface area contributed by atoms with Gasteiger partial charge in [-0.2, -0.15) is 4.37 Å². The molecule has 2 aromatic heterocycles. The molecule has 76 valence electrons. The van der Waals surface area contributed by atoms with E-state index in [-0.39, 0.29) is 4.88 Å². The summed E-state index contributed by atoms with van der Waals surface area (Å²) in [6.45, 7) is 0. The Bertz CT molecular complexity index is 494. The van der Waals surface area contributed by atoms with E-state index in [2.05, 4.69) is 9.36 Å². The Hall–Kier alpha value is -1.95. The molecule has 2 rings (SSSR count). The second kappa shape index (κ2) is 3.66. The predicted octanol–water partition coefficient (Wildman–Crippen LogP) is 0.886. The average molecular weight is 220 g/mol. The lowest BCUT2D eigenvalue weighted by Gasteiger charge is -1.96. The van der Waals surface area contributed by atoms with Crippen LogP contribution in [0.25, 0.3) is 11.4 Å². The largest absolute Gasteiger partial charge is 0.396 e. The number of anilines is 1. The number of hydrogen-bond donors (Lipinski definition) is 2. The second-order valence-electron chi connectivity index (χ2n) is 2.85. The van der Waals surface area contributed by atoms with Crippen molar-refractivity contribution in [1.29, 1.82) is 0 Å². The first-order valence-electron chi connectivity index (χ1n) is 4.16. The molecule has 5 nitrogen and oxygen atoms in total. The van der Waals surface area contributed by atoms with Gasteiger partial charge >= 0.3 is 0 Å². The SMILES string of the molecule is NC(=O)c1snc(-c2ccccn2)c1N. The third kappa shape index (κ3) is 1.66. The van der Waals surface area contributed by atoms with E-state index in [9.17, 15) is 4.79 Å². The predicted molar refractivity (Wildman–Crippen MR) is 58.3 cm³/mol. The summed E-state index contributed by atoms with van der Waals surface area (Å²) in [5.74, 6) is -0.563. The van der Waals surface area contributed by atoms with E-state index in [0.29, 0.717) is 17.1 Å². The number of primary amides is 1. The van der Waals surface area contributed by atoms with E-state index in [1.54, 1.807) is 18.3 Å². The first kappa shape index (κ1) is 9.60. The standard InChI is InChI=1S/C9H8N4OS/c10-6-7(5-3-1-2-4-12-5)13-15-8(6)9(11)14/h1-4H,10H2,(H2,11,14). The number of nitrogens with zero attached hydrogens (tertiary/aromatic N) is 2. The van der Waals surface area contributed by atoms with Gasteiger partial charge in [-0.3, -0.25) is 9.78 Å². The highest BCUT2D eigenvalue weighted by atomic mass is 32.1. The number of rotatable bonds is 2. The molecule has 2 heterocycles. The zero-order valence-corrected chi connectivity index (χ0v) is 8.49. The summed E-state index contributed by atoms with van der Waals surface area (Å²) >= 11 is 0.990. The number of aromatic nitrogens is 2. The van der Waals surface area contributed by atoms with Crippen LogP contribution in [0.1, 0.15) is 9.67 Å². The van der Waals surface area contributed by atoms with Gasteiger partial charge in [0.1, 0.15) is 10.6 Å². The van der Waals surface area contributed by atoms with E-state index in [1.165, 1.54) is 0 Å². The minimum Gasteiger partial charge on any atom is -0.396 e.